The fraction of sp³-hybridized carbons (Fsp3) is 0.538. The van der Waals surface area contributed by atoms with E-state index in [0.717, 1.165) is 18.1 Å². The van der Waals surface area contributed by atoms with Gasteiger partial charge in [-0.3, -0.25) is 0 Å². The maximum Gasteiger partial charge on any atom is 0.0406 e. The number of hydrogen-bond donors (Lipinski definition) is 1. The molecule has 1 N–H and O–H groups in total. The van der Waals surface area contributed by atoms with Crippen LogP contribution in [0, 0.1) is 0 Å². The molecule has 0 amide bonds. The van der Waals surface area contributed by atoms with Crippen LogP contribution in [0.1, 0.15) is 18.4 Å². The molecule has 1 atom stereocenters. The molecule has 0 unspecified atom stereocenters. The van der Waals surface area contributed by atoms with Gasteiger partial charge in [0.05, 0.1) is 0 Å². The third-order valence-corrected chi connectivity index (χ3v) is 3.31. The number of nitrogens with zero attached hydrogens (tertiary/aromatic N) is 1. The molecule has 0 radical (unpaired) electrons. The highest BCUT2D eigenvalue weighted by molar-refractivity contribution is 6.30. The van der Waals surface area contributed by atoms with Crippen LogP contribution in [-0.2, 0) is 6.54 Å². The number of nitrogens with one attached hydrogen (secondary N) is 1. The fourth-order valence-corrected chi connectivity index (χ4v) is 2.38. The largest absolute Gasteiger partial charge is 0.313 e. The van der Waals surface area contributed by atoms with E-state index in [2.05, 4.69) is 29.4 Å². The second-order valence-electron chi connectivity index (χ2n) is 4.62. The fourth-order valence-electron chi connectivity index (χ4n) is 2.25. The zero-order chi connectivity index (χ0) is 11.4. The number of benzene rings is 1. The highest BCUT2D eigenvalue weighted by Crippen LogP contribution is 2.12. The van der Waals surface area contributed by atoms with E-state index >= 15 is 0 Å². The summed E-state index contributed by atoms with van der Waals surface area (Å²) in [6.45, 7) is 3.30. The van der Waals surface area contributed by atoms with E-state index < -0.39 is 0 Å². The van der Waals surface area contributed by atoms with Crippen molar-refractivity contribution in [1.82, 2.24) is 10.2 Å². The molecule has 1 heterocycles. The molecular weight excluding hydrogens is 220 g/mol. The van der Waals surface area contributed by atoms with Crippen LogP contribution in [-0.4, -0.2) is 31.1 Å². The lowest BCUT2D eigenvalue weighted by molar-refractivity contribution is 0.293. The molecule has 0 aliphatic carbocycles. The minimum absolute atomic E-state index is 0.678. The Bertz CT molecular complexity index is 317. The van der Waals surface area contributed by atoms with Gasteiger partial charge < -0.3 is 10.2 Å². The minimum Gasteiger partial charge on any atom is -0.313 e. The van der Waals surface area contributed by atoms with Gasteiger partial charge in [0.25, 0.3) is 0 Å². The summed E-state index contributed by atoms with van der Waals surface area (Å²) >= 11 is 5.86. The molecule has 1 aliphatic heterocycles. The molecule has 0 aromatic heterocycles. The Hall–Kier alpha value is -0.570. The van der Waals surface area contributed by atoms with Crippen LogP contribution < -0.4 is 5.32 Å². The normalized spacial score (nSPS) is 20.6. The van der Waals surface area contributed by atoms with Gasteiger partial charge in [-0.1, -0.05) is 23.7 Å². The Morgan fingerprint density at radius 1 is 1.38 bits per heavy atom. The SMILES string of the molecule is CN(Cc1ccc(Cl)cc1)C[C@@H]1CCCN1. The lowest BCUT2D eigenvalue weighted by atomic mass is 10.2. The van der Waals surface area contributed by atoms with Crippen molar-refractivity contribution in [2.24, 2.45) is 0 Å². The van der Waals surface area contributed by atoms with Crippen molar-refractivity contribution in [3.63, 3.8) is 0 Å². The highest BCUT2D eigenvalue weighted by Gasteiger charge is 2.15. The number of halogens is 1. The second-order valence-corrected chi connectivity index (χ2v) is 5.05. The quantitative estimate of drug-likeness (QED) is 0.867. The highest BCUT2D eigenvalue weighted by atomic mass is 35.5. The minimum atomic E-state index is 0.678. The zero-order valence-corrected chi connectivity index (χ0v) is 10.5. The van der Waals surface area contributed by atoms with Gasteiger partial charge in [-0.2, -0.15) is 0 Å². The first kappa shape index (κ1) is 11.9. The van der Waals surface area contributed by atoms with Crippen LogP contribution in [0.5, 0.6) is 0 Å². The van der Waals surface area contributed by atoms with Crippen LogP contribution in [0.2, 0.25) is 5.02 Å². The lowest BCUT2D eigenvalue weighted by Gasteiger charge is -2.21. The Morgan fingerprint density at radius 2 is 2.12 bits per heavy atom. The summed E-state index contributed by atoms with van der Waals surface area (Å²) in [4.78, 5) is 2.37. The smallest absolute Gasteiger partial charge is 0.0406 e. The van der Waals surface area contributed by atoms with Gasteiger partial charge >= 0.3 is 0 Å². The third-order valence-electron chi connectivity index (χ3n) is 3.06. The topological polar surface area (TPSA) is 15.3 Å². The van der Waals surface area contributed by atoms with Gasteiger partial charge in [0.15, 0.2) is 0 Å². The van der Waals surface area contributed by atoms with Crippen LogP contribution in [0.25, 0.3) is 0 Å². The molecule has 0 bridgehead atoms. The van der Waals surface area contributed by atoms with Gasteiger partial charge in [-0.25, -0.2) is 0 Å². The molecule has 1 aliphatic rings. The number of rotatable bonds is 4. The van der Waals surface area contributed by atoms with Gasteiger partial charge in [0, 0.05) is 24.2 Å². The molecule has 1 fully saturated rings. The molecule has 1 saturated heterocycles. The van der Waals surface area contributed by atoms with Gasteiger partial charge in [-0.05, 0) is 44.1 Å². The molecule has 0 saturated carbocycles. The summed E-state index contributed by atoms with van der Waals surface area (Å²) in [5, 5.41) is 4.33. The first-order chi connectivity index (χ1) is 7.74. The summed E-state index contributed by atoms with van der Waals surface area (Å²) in [5.41, 5.74) is 1.32. The van der Waals surface area contributed by atoms with Crippen molar-refractivity contribution in [3.05, 3.63) is 34.9 Å². The molecule has 2 nitrogen and oxygen atoms in total. The van der Waals surface area contributed by atoms with Crippen molar-refractivity contribution in [3.8, 4) is 0 Å². The van der Waals surface area contributed by atoms with Crippen molar-refractivity contribution in [2.45, 2.75) is 25.4 Å². The van der Waals surface area contributed by atoms with Crippen LogP contribution in [0.4, 0.5) is 0 Å². The molecule has 1 aromatic rings. The van der Waals surface area contributed by atoms with Crippen LogP contribution in [0.15, 0.2) is 24.3 Å². The predicted molar refractivity (Wildman–Crippen MR) is 68.8 cm³/mol. The van der Waals surface area contributed by atoms with Crippen LogP contribution in [0.3, 0.4) is 0 Å². The average Bonchev–Trinajstić information content (AvgIpc) is 2.74. The van der Waals surface area contributed by atoms with E-state index in [4.69, 9.17) is 11.6 Å². The maximum atomic E-state index is 5.86. The summed E-state index contributed by atoms with van der Waals surface area (Å²) in [6.07, 6.45) is 2.63. The summed E-state index contributed by atoms with van der Waals surface area (Å²) in [7, 11) is 2.18. The van der Waals surface area contributed by atoms with Crippen molar-refractivity contribution >= 4 is 11.6 Å². The summed E-state index contributed by atoms with van der Waals surface area (Å²) < 4.78 is 0. The van der Waals surface area contributed by atoms with E-state index in [-0.39, 0.29) is 0 Å². The zero-order valence-electron chi connectivity index (χ0n) is 9.75. The molecule has 88 valence electrons. The third kappa shape index (κ3) is 3.48. The van der Waals surface area contributed by atoms with Crippen molar-refractivity contribution < 1.29 is 0 Å². The van der Waals surface area contributed by atoms with Crippen LogP contribution >= 0.6 is 11.6 Å². The first-order valence-electron chi connectivity index (χ1n) is 5.90. The van der Waals surface area contributed by atoms with Gasteiger partial charge in [0.2, 0.25) is 0 Å². The number of likely N-dealkylation sites (N-methyl/N-ethyl adjacent to an activating group) is 1. The summed E-state index contributed by atoms with van der Waals surface area (Å²) in [5.74, 6) is 0. The van der Waals surface area contributed by atoms with Crippen molar-refractivity contribution in [2.75, 3.05) is 20.1 Å². The Labute approximate surface area is 103 Å². The molecule has 16 heavy (non-hydrogen) atoms. The second kappa shape index (κ2) is 5.67. The van der Waals surface area contributed by atoms with E-state index in [0.29, 0.717) is 6.04 Å². The Morgan fingerprint density at radius 3 is 2.75 bits per heavy atom. The molecule has 0 spiro atoms. The van der Waals surface area contributed by atoms with E-state index in [1.54, 1.807) is 0 Å². The predicted octanol–water partition coefficient (Wildman–Crippen LogP) is 2.52. The van der Waals surface area contributed by atoms with Gasteiger partial charge in [-0.15, -0.1) is 0 Å². The molecule has 1 aromatic carbocycles. The number of hydrogen-bond acceptors (Lipinski definition) is 2. The maximum absolute atomic E-state index is 5.86. The molecule has 2 rings (SSSR count). The van der Waals surface area contributed by atoms with E-state index in [1.807, 2.05) is 12.1 Å². The summed E-state index contributed by atoms with van der Waals surface area (Å²) in [6, 6.07) is 8.79. The first-order valence-corrected chi connectivity index (χ1v) is 6.28. The van der Waals surface area contributed by atoms with E-state index in [9.17, 15) is 0 Å². The monoisotopic (exact) mass is 238 g/mol. The molecule has 3 heteroatoms. The Kier molecular flexibility index (Phi) is 4.22. The Balaban J connectivity index is 1.81. The van der Waals surface area contributed by atoms with Gasteiger partial charge in [0.1, 0.15) is 0 Å². The average molecular weight is 239 g/mol. The van der Waals surface area contributed by atoms with E-state index in [1.165, 1.54) is 24.9 Å². The van der Waals surface area contributed by atoms with Crippen molar-refractivity contribution in [1.29, 1.82) is 0 Å². The molecular formula is C13H19ClN2. The standard InChI is InChI=1S/C13H19ClN2/c1-16(10-13-3-2-8-15-13)9-11-4-6-12(14)7-5-11/h4-7,13,15H,2-3,8-10H2,1H3/t13-/m0/s1. The lowest BCUT2D eigenvalue weighted by Crippen LogP contribution is -2.34.